The lowest BCUT2D eigenvalue weighted by Gasteiger charge is -2.02. The van der Waals surface area contributed by atoms with E-state index in [1.165, 1.54) is 11.3 Å². The van der Waals surface area contributed by atoms with Gasteiger partial charge < -0.3 is 15.2 Å². The summed E-state index contributed by atoms with van der Waals surface area (Å²) >= 11 is 1.29. The fourth-order valence-electron chi connectivity index (χ4n) is 3.01. The molecule has 7 heteroatoms. The van der Waals surface area contributed by atoms with E-state index in [2.05, 4.69) is 9.97 Å². The van der Waals surface area contributed by atoms with E-state index in [9.17, 15) is 4.79 Å². The van der Waals surface area contributed by atoms with E-state index in [1.807, 2.05) is 24.3 Å². The van der Waals surface area contributed by atoms with Gasteiger partial charge in [-0.1, -0.05) is 0 Å². The van der Waals surface area contributed by atoms with Crippen LogP contribution >= 0.6 is 11.3 Å². The number of nitrogens with zero attached hydrogens (tertiary/aromatic N) is 2. The van der Waals surface area contributed by atoms with Crippen LogP contribution in [-0.4, -0.2) is 22.5 Å². The Bertz CT molecular complexity index is 1190. The summed E-state index contributed by atoms with van der Waals surface area (Å²) in [7, 11) is 0. The van der Waals surface area contributed by atoms with Crippen LogP contribution in [0.5, 0.6) is 11.5 Å². The summed E-state index contributed by atoms with van der Waals surface area (Å²) in [6, 6.07) is 12.7. The van der Waals surface area contributed by atoms with Gasteiger partial charge in [0.1, 0.15) is 9.71 Å². The molecule has 1 aromatic carbocycles. The highest BCUT2D eigenvalue weighted by atomic mass is 32.1. The van der Waals surface area contributed by atoms with Crippen molar-refractivity contribution in [3.63, 3.8) is 0 Å². The standard InChI is InChI=1S/C20H13N3O3S/c21-17-13-4-5-14(12-2-1-7-22-9-12)23-20(13)27-19(17)18(24)11-3-6-15-16(8-11)26-10-25-15/h1-9H,10,21H2. The molecule has 4 heterocycles. The number of ether oxygens (including phenoxy) is 2. The van der Waals surface area contributed by atoms with Crippen molar-refractivity contribution in [2.24, 2.45) is 0 Å². The number of anilines is 1. The molecule has 0 saturated carbocycles. The summed E-state index contributed by atoms with van der Waals surface area (Å²) < 4.78 is 10.7. The maximum Gasteiger partial charge on any atom is 0.231 e. The number of nitrogens with two attached hydrogens (primary N) is 1. The second-order valence-corrected chi connectivity index (χ2v) is 7.03. The van der Waals surface area contributed by atoms with Gasteiger partial charge in [-0.05, 0) is 42.5 Å². The fraction of sp³-hybridized carbons (Fsp3) is 0.0500. The number of thiophene rings is 1. The lowest BCUT2D eigenvalue weighted by molar-refractivity contribution is 0.104. The van der Waals surface area contributed by atoms with E-state index in [4.69, 9.17) is 15.2 Å². The van der Waals surface area contributed by atoms with Crippen molar-refractivity contribution in [3.8, 4) is 22.8 Å². The number of aromatic nitrogens is 2. The van der Waals surface area contributed by atoms with Crippen molar-refractivity contribution in [1.82, 2.24) is 9.97 Å². The van der Waals surface area contributed by atoms with Crippen molar-refractivity contribution >= 4 is 33.0 Å². The van der Waals surface area contributed by atoms with Crippen molar-refractivity contribution in [2.75, 3.05) is 12.5 Å². The van der Waals surface area contributed by atoms with E-state index >= 15 is 0 Å². The smallest absolute Gasteiger partial charge is 0.231 e. The summed E-state index contributed by atoms with van der Waals surface area (Å²) in [5.74, 6) is 1.05. The summed E-state index contributed by atoms with van der Waals surface area (Å²) in [4.78, 5) is 23.0. The highest BCUT2D eigenvalue weighted by Gasteiger charge is 2.22. The van der Waals surface area contributed by atoms with Crippen LogP contribution in [0.15, 0.2) is 54.9 Å². The molecular formula is C20H13N3O3S. The molecule has 132 valence electrons. The first-order chi connectivity index (χ1) is 13.2. The van der Waals surface area contributed by atoms with E-state index in [1.54, 1.807) is 30.6 Å². The number of nitrogen functional groups attached to an aromatic ring is 1. The Morgan fingerprint density at radius 3 is 2.85 bits per heavy atom. The highest BCUT2D eigenvalue weighted by Crippen LogP contribution is 2.37. The summed E-state index contributed by atoms with van der Waals surface area (Å²) in [5, 5.41) is 0.775. The van der Waals surface area contributed by atoms with Gasteiger partial charge in [-0.15, -0.1) is 11.3 Å². The normalized spacial score (nSPS) is 12.4. The Morgan fingerprint density at radius 2 is 2.00 bits per heavy atom. The van der Waals surface area contributed by atoms with Gasteiger partial charge in [0, 0.05) is 28.9 Å². The second kappa shape index (κ2) is 6.07. The third kappa shape index (κ3) is 2.60. The zero-order valence-electron chi connectivity index (χ0n) is 14.0. The molecule has 0 fully saturated rings. The number of rotatable bonds is 3. The lowest BCUT2D eigenvalue weighted by atomic mass is 10.1. The average Bonchev–Trinajstić information content (AvgIpc) is 3.31. The molecule has 27 heavy (non-hydrogen) atoms. The minimum absolute atomic E-state index is 0.156. The van der Waals surface area contributed by atoms with Crippen LogP contribution in [0.4, 0.5) is 5.69 Å². The van der Waals surface area contributed by atoms with Gasteiger partial charge in [0.25, 0.3) is 0 Å². The summed E-state index contributed by atoms with van der Waals surface area (Å²) in [5.41, 5.74) is 8.91. The predicted octanol–water partition coefficient (Wildman–Crippen LogP) is 3.90. The topological polar surface area (TPSA) is 87.3 Å². The van der Waals surface area contributed by atoms with Crippen LogP contribution in [0, 0.1) is 0 Å². The first kappa shape index (κ1) is 15.8. The second-order valence-electron chi connectivity index (χ2n) is 6.03. The third-order valence-electron chi connectivity index (χ3n) is 4.39. The van der Waals surface area contributed by atoms with Crippen LogP contribution < -0.4 is 15.2 Å². The molecule has 0 radical (unpaired) electrons. The average molecular weight is 375 g/mol. The number of ketones is 1. The Morgan fingerprint density at radius 1 is 1.11 bits per heavy atom. The van der Waals surface area contributed by atoms with Crippen molar-refractivity contribution in [1.29, 1.82) is 0 Å². The van der Waals surface area contributed by atoms with E-state index < -0.39 is 0 Å². The van der Waals surface area contributed by atoms with Crippen LogP contribution in [0.3, 0.4) is 0 Å². The Kier molecular flexibility index (Phi) is 3.54. The Labute approximate surface area is 158 Å². The van der Waals surface area contributed by atoms with Gasteiger partial charge in [0.2, 0.25) is 12.6 Å². The van der Waals surface area contributed by atoms with Gasteiger partial charge in [-0.3, -0.25) is 9.78 Å². The van der Waals surface area contributed by atoms with Crippen LogP contribution in [0.1, 0.15) is 15.2 Å². The quantitative estimate of drug-likeness (QED) is 0.547. The molecular weight excluding hydrogens is 362 g/mol. The molecule has 3 aromatic heterocycles. The molecule has 4 aromatic rings. The molecule has 1 aliphatic heterocycles. The SMILES string of the molecule is Nc1c(C(=O)c2ccc3c(c2)OCO3)sc2nc(-c3cccnc3)ccc12. The monoisotopic (exact) mass is 375 g/mol. The molecule has 2 N–H and O–H groups in total. The zero-order valence-corrected chi connectivity index (χ0v) is 14.8. The molecule has 6 nitrogen and oxygen atoms in total. The number of hydrogen-bond acceptors (Lipinski definition) is 7. The minimum atomic E-state index is -0.156. The van der Waals surface area contributed by atoms with Gasteiger partial charge in [-0.25, -0.2) is 4.98 Å². The number of fused-ring (bicyclic) bond motifs is 2. The number of carbonyl (C=O) groups is 1. The van der Waals surface area contributed by atoms with E-state index in [-0.39, 0.29) is 12.6 Å². The van der Waals surface area contributed by atoms with E-state index in [0.29, 0.717) is 27.6 Å². The van der Waals surface area contributed by atoms with Crippen molar-refractivity contribution < 1.29 is 14.3 Å². The van der Waals surface area contributed by atoms with Crippen LogP contribution in [0.25, 0.3) is 21.5 Å². The number of pyridine rings is 2. The molecule has 0 spiro atoms. The molecule has 0 aliphatic carbocycles. The number of carbonyl (C=O) groups excluding carboxylic acids is 1. The summed E-state index contributed by atoms with van der Waals surface area (Å²) in [6.45, 7) is 0.166. The number of hydrogen-bond donors (Lipinski definition) is 1. The predicted molar refractivity (Wildman–Crippen MR) is 103 cm³/mol. The maximum atomic E-state index is 13.0. The van der Waals surface area contributed by atoms with Gasteiger partial charge >= 0.3 is 0 Å². The first-order valence-corrected chi connectivity index (χ1v) is 9.06. The molecule has 0 bridgehead atoms. The Hall–Kier alpha value is -3.45. The molecule has 5 rings (SSSR count). The molecule has 0 saturated heterocycles. The van der Waals surface area contributed by atoms with Crippen LogP contribution in [0.2, 0.25) is 0 Å². The van der Waals surface area contributed by atoms with Gasteiger partial charge in [0.05, 0.1) is 11.4 Å². The maximum absolute atomic E-state index is 13.0. The van der Waals surface area contributed by atoms with Crippen molar-refractivity contribution in [3.05, 3.63) is 65.3 Å². The van der Waals surface area contributed by atoms with Gasteiger partial charge in [0.15, 0.2) is 11.5 Å². The zero-order chi connectivity index (χ0) is 18.4. The van der Waals surface area contributed by atoms with Gasteiger partial charge in [-0.2, -0.15) is 0 Å². The Balaban J connectivity index is 1.57. The molecule has 0 atom stereocenters. The first-order valence-electron chi connectivity index (χ1n) is 8.24. The van der Waals surface area contributed by atoms with Crippen molar-refractivity contribution in [2.45, 2.75) is 0 Å². The van der Waals surface area contributed by atoms with Crippen LogP contribution in [-0.2, 0) is 0 Å². The van der Waals surface area contributed by atoms with E-state index in [0.717, 1.165) is 21.5 Å². The molecule has 0 amide bonds. The summed E-state index contributed by atoms with van der Waals surface area (Å²) in [6.07, 6.45) is 3.47. The third-order valence-corrected chi connectivity index (χ3v) is 5.51. The minimum Gasteiger partial charge on any atom is -0.454 e. The highest BCUT2D eigenvalue weighted by molar-refractivity contribution is 7.21. The fourth-order valence-corrected chi connectivity index (χ4v) is 4.07. The molecule has 0 unspecified atom stereocenters. The largest absolute Gasteiger partial charge is 0.454 e. The lowest BCUT2D eigenvalue weighted by Crippen LogP contribution is -2.02. The molecule has 1 aliphatic rings. The number of benzene rings is 1.